The summed E-state index contributed by atoms with van der Waals surface area (Å²) in [5.74, 6) is -0.399. The van der Waals surface area contributed by atoms with Crippen LogP contribution in [0.4, 0.5) is 10.1 Å². The lowest BCUT2D eigenvalue weighted by molar-refractivity contribution is 0.0692. The fraction of sp³-hybridized carbons (Fsp3) is 0.462. The molecule has 1 saturated carbocycles. The van der Waals surface area contributed by atoms with Gasteiger partial charge in [0.15, 0.2) is 0 Å². The minimum Gasteiger partial charge on any atom is -0.478 e. The molecule has 0 saturated heterocycles. The van der Waals surface area contributed by atoms with Gasteiger partial charge < -0.3 is 10.8 Å². The van der Waals surface area contributed by atoms with Crippen LogP contribution in [0.3, 0.4) is 0 Å². The molecule has 98 valence electrons. The van der Waals surface area contributed by atoms with E-state index in [4.69, 9.17) is 10.8 Å². The first-order chi connectivity index (χ1) is 8.58. The van der Waals surface area contributed by atoms with Crippen LogP contribution in [-0.2, 0) is 0 Å². The Bertz CT molecular complexity index is 459. The minimum absolute atomic E-state index is 0.344. The van der Waals surface area contributed by atoms with E-state index in [-0.39, 0.29) is 5.56 Å². The number of aromatic carboxylic acids is 1. The van der Waals surface area contributed by atoms with E-state index in [1.165, 1.54) is 49.6 Å². The summed E-state index contributed by atoms with van der Waals surface area (Å²) >= 11 is 1.52. The van der Waals surface area contributed by atoms with E-state index in [9.17, 15) is 9.18 Å². The number of nitrogen functional groups attached to an aromatic ring is 1. The molecule has 2 rings (SSSR count). The molecule has 0 amide bonds. The molecule has 3 N–H and O–H groups in total. The Labute approximate surface area is 110 Å². The van der Waals surface area contributed by atoms with Crippen LogP contribution in [0, 0.1) is 11.7 Å². The lowest BCUT2D eigenvalue weighted by atomic mass is 10.1. The second kappa shape index (κ2) is 5.61. The maximum absolute atomic E-state index is 13.5. The zero-order valence-electron chi connectivity index (χ0n) is 9.99. The van der Waals surface area contributed by atoms with Crippen molar-refractivity contribution in [3.05, 3.63) is 23.5 Å². The van der Waals surface area contributed by atoms with Gasteiger partial charge in [-0.1, -0.05) is 12.8 Å². The number of benzene rings is 1. The molecule has 5 heteroatoms. The smallest absolute Gasteiger partial charge is 0.338 e. The molecule has 1 aromatic carbocycles. The van der Waals surface area contributed by atoms with Crippen LogP contribution in [0.1, 0.15) is 36.0 Å². The highest BCUT2D eigenvalue weighted by molar-refractivity contribution is 7.99. The average molecular weight is 269 g/mol. The molecule has 0 unspecified atom stereocenters. The Morgan fingerprint density at radius 3 is 2.72 bits per heavy atom. The van der Waals surface area contributed by atoms with Crippen LogP contribution in [0.5, 0.6) is 0 Å². The third kappa shape index (κ3) is 2.96. The van der Waals surface area contributed by atoms with Gasteiger partial charge in [-0.25, -0.2) is 9.18 Å². The van der Waals surface area contributed by atoms with Gasteiger partial charge in [-0.15, -0.1) is 11.8 Å². The van der Waals surface area contributed by atoms with Crippen LogP contribution in [-0.4, -0.2) is 16.8 Å². The molecular weight excluding hydrogens is 253 g/mol. The number of thioether (sulfide) groups is 1. The van der Waals surface area contributed by atoms with Crippen molar-refractivity contribution < 1.29 is 14.3 Å². The van der Waals surface area contributed by atoms with Crippen molar-refractivity contribution in [2.75, 3.05) is 11.5 Å². The van der Waals surface area contributed by atoms with E-state index in [2.05, 4.69) is 0 Å². The highest BCUT2D eigenvalue weighted by Crippen LogP contribution is 2.34. The normalized spacial score (nSPS) is 16.1. The van der Waals surface area contributed by atoms with Gasteiger partial charge in [-0.2, -0.15) is 0 Å². The first-order valence-electron chi connectivity index (χ1n) is 6.03. The molecule has 0 spiro atoms. The van der Waals surface area contributed by atoms with Crippen LogP contribution >= 0.6 is 11.8 Å². The second-order valence-electron chi connectivity index (χ2n) is 4.64. The number of carboxylic acid groups (broad SMARTS) is 1. The van der Waals surface area contributed by atoms with Crippen molar-refractivity contribution >= 4 is 23.4 Å². The number of nitrogens with two attached hydrogens (primary N) is 1. The van der Waals surface area contributed by atoms with Crippen LogP contribution in [0.2, 0.25) is 0 Å². The van der Waals surface area contributed by atoms with E-state index in [1.54, 1.807) is 0 Å². The van der Waals surface area contributed by atoms with Crippen LogP contribution in [0.25, 0.3) is 0 Å². The molecule has 0 aromatic heterocycles. The molecule has 1 aliphatic rings. The third-order valence-corrected chi connectivity index (χ3v) is 4.58. The largest absolute Gasteiger partial charge is 0.478 e. The predicted octanol–water partition coefficient (Wildman–Crippen LogP) is 3.39. The number of carboxylic acids is 1. The molecule has 1 aromatic rings. The number of anilines is 1. The first-order valence-corrected chi connectivity index (χ1v) is 7.01. The summed E-state index contributed by atoms with van der Waals surface area (Å²) in [4.78, 5) is 11.4. The summed E-state index contributed by atoms with van der Waals surface area (Å²) in [5, 5.41) is 8.78. The highest BCUT2D eigenvalue weighted by atomic mass is 32.2. The minimum atomic E-state index is -1.29. The summed E-state index contributed by atoms with van der Waals surface area (Å²) < 4.78 is 13.5. The van der Waals surface area contributed by atoms with Crippen LogP contribution in [0.15, 0.2) is 17.0 Å². The third-order valence-electron chi connectivity index (χ3n) is 3.28. The SMILES string of the molecule is Nc1cc(C(=O)O)c(F)cc1SCC1CCCC1. The lowest BCUT2D eigenvalue weighted by Gasteiger charge is -2.11. The lowest BCUT2D eigenvalue weighted by Crippen LogP contribution is -2.04. The van der Waals surface area contributed by atoms with Gasteiger partial charge in [0.25, 0.3) is 0 Å². The van der Waals surface area contributed by atoms with Crippen LogP contribution < -0.4 is 5.73 Å². The van der Waals surface area contributed by atoms with Crippen molar-refractivity contribution in [1.29, 1.82) is 0 Å². The van der Waals surface area contributed by atoms with Gasteiger partial charge in [0.2, 0.25) is 0 Å². The van der Waals surface area contributed by atoms with E-state index in [0.717, 1.165) is 5.75 Å². The molecule has 1 fully saturated rings. The molecule has 3 nitrogen and oxygen atoms in total. The summed E-state index contributed by atoms with van der Waals surface area (Å²) in [5.41, 5.74) is 5.74. The Morgan fingerprint density at radius 1 is 1.44 bits per heavy atom. The monoisotopic (exact) mass is 269 g/mol. The number of hydrogen-bond acceptors (Lipinski definition) is 3. The Hall–Kier alpha value is -1.23. The standard InChI is InChI=1S/C13H16FNO2S/c14-10-6-12(11(15)5-9(10)13(16)17)18-7-8-3-1-2-4-8/h5-6,8H,1-4,7,15H2,(H,16,17). The predicted molar refractivity (Wildman–Crippen MR) is 70.5 cm³/mol. The summed E-state index contributed by atoms with van der Waals surface area (Å²) in [6.45, 7) is 0. The Balaban J connectivity index is 2.08. The number of halogens is 1. The number of carbonyl (C=O) groups is 1. The molecular formula is C13H16FNO2S. The van der Waals surface area contributed by atoms with Gasteiger partial charge in [0.05, 0.1) is 5.56 Å². The highest BCUT2D eigenvalue weighted by Gasteiger charge is 2.18. The fourth-order valence-electron chi connectivity index (χ4n) is 2.25. The van der Waals surface area contributed by atoms with E-state index in [0.29, 0.717) is 16.5 Å². The second-order valence-corrected chi connectivity index (χ2v) is 5.70. The fourth-order valence-corrected chi connectivity index (χ4v) is 3.41. The van der Waals surface area contributed by atoms with Gasteiger partial charge in [-0.05, 0) is 30.9 Å². The van der Waals surface area contributed by atoms with E-state index < -0.39 is 11.8 Å². The molecule has 18 heavy (non-hydrogen) atoms. The zero-order valence-corrected chi connectivity index (χ0v) is 10.8. The molecule has 0 aliphatic heterocycles. The summed E-state index contributed by atoms with van der Waals surface area (Å²) in [6, 6.07) is 2.44. The van der Waals surface area contributed by atoms with Gasteiger partial charge in [0.1, 0.15) is 5.82 Å². The average Bonchev–Trinajstić information content (AvgIpc) is 2.82. The summed E-state index contributed by atoms with van der Waals surface area (Å²) in [6.07, 6.45) is 4.99. The van der Waals surface area contributed by atoms with Crippen molar-refractivity contribution in [1.82, 2.24) is 0 Å². The quantitative estimate of drug-likeness (QED) is 0.649. The maximum atomic E-state index is 13.5. The van der Waals surface area contributed by atoms with Crippen molar-refractivity contribution in [2.45, 2.75) is 30.6 Å². The van der Waals surface area contributed by atoms with Gasteiger partial charge in [-0.3, -0.25) is 0 Å². The van der Waals surface area contributed by atoms with Crippen molar-refractivity contribution in [3.8, 4) is 0 Å². The van der Waals surface area contributed by atoms with Crippen molar-refractivity contribution in [2.24, 2.45) is 5.92 Å². The molecule has 1 aliphatic carbocycles. The summed E-state index contributed by atoms with van der Waals surface area (Å²) in [7, 11) is 0. The van der Waals surface area contributed by atoms with Gasteiger partial charge in [0, 0.05) is 16.3 Å². The topological polar surface area (TPSA) is 63.3 Å². The zero-order chi connectivity index (χ0) is 13.1. The Kier molecular flexibility index (Phi) is 4.11. The van der Waals surface area contributed by atoms with E-state index >= 15 is 0 Å². The molecule has 0 heterocycles. The first kappa shape index (κ1) is 13.2. The number of rotatable bonds is 4. The maximum Gasteiger partial charge on any atom is 0.338 e. The Morgan fingerprint density at radius 2 is 2.11 bits per heavy atom. The molecule has 0 atom stereocenters. The molecule has 0 bridgehead atoms. The molecule has 0 radical (unpaired) electrons. The van der Waals surface area contributed by atoms with E-state index in [1.807, 2.05) is 0 Å². The van der Waals surface area contributed by atoms with Gasteiger partial charge >= 0.3 is 5.97 Å². The van der Waals surface area contributed by atoms with Crippen molar-refractivity contribution in [3.63, 3.8) is 0 Å². The number of hydrogen-bond donors (Lipinski definition) is 2.